The van der Waals surface area contributed by atoms with Crippen molar-refractivity contribution in [2.24, 2.45) is 5.92 Å². The summed E-state index contributed by atoms with van der Waals surface area (Å²) in [4.78, 5) is 11.0. The summed E-state index contributed by atoms with van der Waals surface area (Å²) in [5, 5.41) is 26.6. The third-order valence-corrected chi connectivity index (χ3v) is 3.19. The maximum Gasteiger partial charge on any atom is 0.339 e. The first-order valence-corrected chi connectivity index (χ1v) is 6.60. The van der Waals surface area contributed by atoms with Crippen molar-refractivity contribution < 1.29 is 4.92 Å². The van der Waals surface area contributed by atoms with Crippen molar-refractivity contribution in [3.8, 4) is 0 Å². The first-order chi connectivity index (χ1) is 10.1. The molecule has 0 bridgehead atoms. The third kappa shape index (κ3) is 2.14. The fourth-order valence-corrected chi connectivity index (χ4v) is 2.26. The van der Waals surface area contributed by atoms with Gasteiger partial charge in [0.05, 0.1) is 10.4 Å². The molecule has 2 aromatic heterocycles. The molecule has 0 aliphatic heterocycles. The molecule has 0 unspecified atom stereocenters. The van der Waals surface area contributed by atoms with Gasteiger partial charge in [-0.2, -0.15) is 4.52 Å². The number of para-hydroxylation sites is 1. The number of anilines is 1. The van der Waals surface area contributed by atoms with E-state index in [1.807, 2.05) is 38.1 Å². The molecule has 0 spiro atoms. The van der Waals surface area contributed by atoms with Crippen molar-refractivity contribution in [1.29, 1.82) is 0 Å². The van der Waals surface area contributed by atoms with Gasteiger partial charge in [-0.25, -0.2) is 0 Å². The van der Waals surface area contributed by atoms with Gasteiger partial charge in [-0.3, -0.25) is 10.1 Å². The van der Waals surface area contributed by atoms with Gasteiger partial charge in [-0.1, -0.05) is 32.0 Å². The Morgan fingerprint density at radius 2 is 2.14 bits per heavy atom. The highest BCUT2D eigenvalue weighted by molar-refractivity contribution is 6.00. The monoisotopic (exact) mass is 286 g/mol. The zero-order chi connectivity index (χ0) is 15.0. The van der Waals surface area contributed by atoms with E-state index in [0.717, 1.165) is 10.9 Å². The number of nitrogens with one attached hydrogen (secondary N) is 1. The van der Waals surface area contributed by atoms with Gasteiger partial charge in [0.25, 0.3) is 5.65 Å². The van der Waals surface area contributed by atoms with E-state index in [0.29, 0.717) is 18.2 Å². The molecule has 8 nitrogen and oxygen atoms in total. The number of aromatic nitrogens is 4. The van der Waals surface area contributed by atoms with Crippen LogP contribution in [0.4, 0.5) is 11.4 Å². The van der Waals surface area contributed by atoms with Crippen LogP contribution in [0.5, 0.6) is 0 Å². The van der Waals surface area contributed by atoms with E-state index in [4.69, 9.17) is 0 Å². The van der Waals surface area contributed by atoms with Gasteiger partial charge < -0.3 is 5.32 Å². The lowest BCUT2D eigenvalue weighted by Crippen LogP contribution is -2.11. The second kappa shape index (κ2) is 4.97. The summed E-state index contributed by atoms with van der Waals surface area (Å²) < 4.78 is 1.40. The summed E-state index contributed by atoms with van der Waals surface area (Å²) in [5.41, 5.74) is 1.24. The minimum atomic E-state index is -0.444. The second-order valence-electron chi connectivity index (χ2n) is 5.19. The molecule has 0 saturated heterocycles. The molecule has 0 fully saturated rings. The van der Waals surface area contributed by atoms with Crippen LogP contribution >= 0.6 is 0 Å². The SMILES string of the molecule is CC(C)CNc1c([N+](=O)[O-])c2nnnn2c2ccccc12. The quantitative estimate of drug-likeness (QED) is 0.583. The Bertz CT molecular complexity index is 826. The molecule has 0 aliphatic rings. The minimum absolute atomic E-state index is 0.0978. The van der Waals surface area contributed by atoms with Crippen LogP contribution < -0.4 is 5.32 Å². The molecule has 8 heteroatoms. The standard InChI is InChI=1S/C13H14N6O2/c1-8(2)7-14-11-9-5-3-4-6-10(9)18-13(15-16-17-18)12(11)19(20)21/h3-6,8,14H,7H2,1-2H3. The van der Waals surface area contributed by atoms with Crippen LogP contribution in [0.3, 0.4) is 0 Å². The van der Waals surface area contributed by atoms with E-state index < -0.39 is 4.92 Å². The van der Waals surface area contributed by atoms with E-state index in [1.54, 1.807) is 0 Å². The smallest absolute Gasteiger partial charge is 0.339 e. The van der Waals surface area contributed by atoms with E-state index in [1.165, 1.54) is 4.52 Å². The van der Waals surface area contributed by atoms with E-state index >= 15 is 0 Å². The Kier molecular flexibility index (Phi) is 3.13. The first kappa shape index (κ1) is 13.2. The lowest BCUT2D eigenvalue weighted by Gasteiger charge is -2.12. The second-order valence-corrected chi connectivity index (χ2v) is 5.19. The average molecular weight is 286 g/mol. The molecule has 0 aliphatic carbocycles. The predicted molar refractivity (Wildman–Crippen MR) is 78.3 cm³/mol. The van der Waals surface area contributed by atoms with E-state index in [2.05, 4.69) is 20.8 Å². The molecule has 0 amide bonds. The fraction of sp³-hybridized carbons (Fsp3) is 0.308. The highest BCUT2D eigenvalue weighted by Gasteiger charge is 2.25. The number of hydrogen-bond acceptors (Lipinski definition) is 6. The molecule has 108 valence electrons. The van der Waals surface area contributed by atoms with Gasteiger partial charge in [-0.15, -0.1) is 5.10 Å². The number of nitro groups is 1. The molecule has 3 rings (SSSR count). The maximum atomic E-state index is 11.5. The fourth-order valence-electron chi connectivity index (χ4n) is 2.26. The number of pyridine rings is 1. The molecule has 0 saturated carbocycles. The molecular formula is C13H14N6O2. The summed E-state index contributed by atoms with van der Waals surface area (Å²) >= 11 is 0. The number of fused-ring (bicyclic) bond motifs is 3. The van der Waals surface area contributed by atoms with Gasteiger partial charge in [0.2, 0.25) is 0 Å². The molecule has 21 heavy (non-hydrogen) atoms. The van der Waals surface area contributed by atoms with Crippen molar-refractivity contribution in [3.63, 3.8) is 0 Å². The predicted octanol–water partition coefficient (Wildman–Crippen LogP) is 2.25. The highest BCUT2D eigenvalue weighted by Crippen LogP contribution is 2.35. The summed E-state index contributed by atoms with van der Waals surface area (Å²) in [7, 11) is 0. The maximum absolute atomic E-state index is 11.5. The van der Waals surface area contributed by atoms with Gasteiger partial charge in [0.1, 0.15) is 5.69 Å². The van der Waals surface area contributed by atoms with Crippen molar-refractivity contribution >= 4 is 27.9 Å². The Morgan fingerprint density at radius 3 is 2.86 bits per heavy atom. The minimum Gasteiger partial charge on any atom is -0.379 e. The van der Waals surface area contributed by atoms with Crippen molar-refractivity contribution in [2.75, 3.05) is 11.9 Å². The highest BCUT2D eigenvalue weighted by atomic mass is 16.6. The van der Waals surface area contributed by atoms with Gasteiger partial charge >= 0.3 is 5.69 Å². The topological polar surface area (TPSA) is 98.2 Å². The van der Waals surface area contributed by atoms with E-state index in [9.17, 15) is 10.1 Å². The summed E-state index contributed by atoms with van der Waals surface area (Å²) in [6.07, 6.45) is 0. The Labute approximate surface area is 119 Å². The number of nitrogens with zero attached hydrogens (tertiary/aromatic N) is 5. The zero-order valence-electron chi connectivity index (χ0n) is 11.6. The van der Waals surface area contributed by atoms with Crippen LogP contribution in [0.1, 0.15) is 13.8 Å². The van der Waals surface area contributed by atoms with Crippen LogP contribution in [-0.2, 0) is 0 Å². The molecule has 1 aromatic carbocycles. The number of tetrazole rings is 1. The molecular weight excluding hydrogens is 272 g/mol. The number of benzene rings is 1. The third-order valence-electron chi connectivity index (χ3n) is 3.19. The van der Waals surface area contributed by atoms with Crippen LogP contribution in [-0.4, -0.2) is 31.5 Å². The largest absolute Gasteiger partial charge is 0.379 e. The zero-order valence-corrected chi connectivity index (χ0v) is 11.6. The Hall–Kier alpha value is -2.77. The Balaban J connectivity index is 2.37. The lowest BCUT2D eigenvalue weighted by molar-refractivity contribution is -0.382. The van der Waals surface area contributed by atoms with Gasteiger partial charge in [0, 0.05) is 11.9 Å². The summed E-state index contributed by atoms with van der Waals surface area (Å²) in [5.74, 6) is 0.357. The molecule has 1 N–H and O–H groups in total. The molecule has 2 heterocycles. The van der Waals surface area contributed by atoms with Crippen molar-refractivity contribution in [2.45, 2.75) is 13.8 Å². The van der Waals surface area contributed by atoms with Crippen LogP contribution in [0.15, 0.2) is 24.3 Å². The lowest BCUT2D eigenvalue weighted by atomic mass is 10.1. The van der Waals surface area contributed by atoms with E-state index in [-0.39, 0.29) is 11.3 Å². The number of rotatable bonds is 4. The number of hydrogen-bond donors (Lipinski definition) is 1. The Morgan fingerprint density at radius 1 is 1.38 bits per heavy atom. The molecule has 3 aromatic rings. The summed E-state index contributed by atoms with van der Waals surface area (Å²) in [6.45, 7) is 4.71. The van der Waals surface area contributed by atoms with Gasteiger partial charge in [0.15, 0.2) is 0 Å². The van der Waals surface area contributed by atoms with Crippen LogP contribution in [0.25, 0.3) is 16.6 Å². The molecule has 0 atom stereocenters. The summed E-state index contributed by atoms with van der Waals surface area (Å²) in [6, 6.07) is 7.35. The van der Waals surface area contributed by atoms with Gasteiger partial charge in [-0.05, 0) is 22.4 Å². The van der Waals surface area contributed by atoms with Crippen molar-refractivity contribution in [1.82, 2.24) is 20.0 Å². The molecule has 0 radical (unpaired) electrons. The normalized spacial score (nSPS) is 11.4. The average Bonchev–Trinajstić information content (AvgIpc) is 2.92. The van der Waals surface area contributed by atoms with Crippen LogP contribution in [0, 0.1) is 16.0 Å². The van der Waals surface area contributed by atoms with Crippen LogP contribution in [0.2, 0.25) is 0 Å². The van der Waals surface area contributed by atoms with Crippen molar-refractivity contribution in [3.05, 3.63) is 34.4 Å². The first-order valence-electron chi connectivity index (χ1n) is 6.60.